The number of thiazole rings is 1. The predicted molar refractivity (Wildman–Crippen MR) is 75.8 cm³/mol. The van der Waals surface area contributed by atoms with Crippen molar-refractivity contribution in [2.45, 2.75) is 14.3 Å². The zero-order valence-corrected chi connectivity index (χ0v) is 13.0. The lowest BCUT2D eigenvalue weighted by Gasteiger charge is -2.01. The van der Waals surface area contributed by atoms with Gasteiger partial charge in [-0.1, -0.05) is 46.3 Å². The standard InChI is InChI=1S/C10H7Cl2NO2S3/c1-16-10-13-9(8(12)17-10)18(14,15)7-4-2-6(11)3-5-7/h2-5H,1H3. The Kier molecular flexibility index (Phi) is 4.23. The zero-order chi connectivity index (χ0) is 13.3. The third kappa shape index (κ3) is 2.67. The van der Waals surface area contributed by atoms with Crippen molar-refractivity contribution in [1.29, 1.82) is 0 Å². The van der Waals surface area contributed by atoms with Crippen molar-refractivity contribution >= 4 is 56.1 Å². The second-order valence-electron chi connectivity index (χ2n) is 3.22. The Morgan fingerprint density at radius 2 is 1.83 bits per heavy atom. The van der Waals surface area contributed by atoms with E-state index in [2.05, 4.69) is 4.98 Å². The highest BCUT2D eigenvalue weighted by Gasteiger charge is 2.25. The lowest BCUT2D eigenvalue weighted by molar-refractivity contribution is 0.592. The molecule has 0 unspecified atom stereocenters. The number of hydrogen-bond acceptors (Lipinski definition) is 5. The van der Waals surface area contributed by atoms with Gasteiger partial charge in [0.1, 0.15) is 4.34 Å². The fourth-order valence-corrected chi connectivity index (χ4v) is 4.98. The van der Waals surface area contributed by atoms with Gasteiger partial charge in [0.05, 0.1) is 4.90 Å². The van der Waals surface area contributed by atoms with E-state index >= 15 is 0 Å². The van der Waals surface area contributed by atoms with E-state index in [4.69, 9.17) is 23.2 Å². The number of nitrogens with zero attached hydrogens (tertiary/aromatic N) is 1. The normalized spacial score (nSPS) is 11.7. The minimum Gasteiger partial charge on any atom is -0.217 e. The fourth-order valence-electron chi connectivity index (χ4n) is 1.25. The molecule has 96 valence electrons. The molecule has 0 aliphatic rings. The van der Waals surface area contributed by atoms with Crippen LogP contribution in [0.2, 0.25) is 9.36 Å². The molecule has 0 aliphatic heterocycles. The number of benzene rings is 1. The van der Waals surface area contributed by atoms with Crippen LogP contribution >= 0.6 is 46.3 Å². The molecule has 8 heteroatoms. The summed E-state index contributed by atoms with van der Waals surface area (Å²) in [6, 6.07) is 5.91. The minimum atomic E-state index is -3.68. The van der Waals surface area contributed by atoms with E-state index in [1.54, 1.807) is 0 Å². The SMILES string of the molecule is CSc1nc(S(=O)(=O)c2ccc(Cl)cc2)c(Cl)s1. The Hall–Kier alpha value is -0.270. The lowest BCUT2D eigenvalue weighted by Crippen LogP contribution is -2.02. The number of aromatic nitrogens is 1. The van der Waals surface area contributed by atoms with E-state index in [9.17, 15) is 8.42 Å². The molecule has 0 aliphatic carbocycles. The van der Waals surface area contributed by atoms with E-state index in [1.807, 2.05) is 6.26 Å². The molecule has 1 aromatic carbocycles. The van der Waals surface area contributed by atoms with Crippen LogP contribution in [0.5, 0.6) is 0 Å². The van der Waals surface area contributed by atoms with E-state index in [0.717, 1.165) is 11.3 Å². The third-order valence-corrected chi connectivity index (χ3v) is 6.52. The van der Waals surface area contributed by atoms with Crippen molar-refractivity contribution in [2.24, 2.45) is 0 Å². The molecular weight excluding hydrogens is 333 g/mol. The molecular formula is C10H7Cl2NO2S3. The summed E-state index contributed by atoms with van der Waals surface area (Å²) < 4.78 is 25.4. The topological polar surface area (TPSA) is 47.0 Å². The molecule has 0 fully saturated rings. The number of sulfone groups is 1. The molecule has 0 bridgehead atoms. The van der Waals surface area contributed by atoms with Gasteiger partial charge in [0.25, 0.3) is 0 Å². The summed E-state index contributed by atoms with van der Waals surface area (Å²) in [5.41, 5.74) is 0. The van der Waals surface area contributed by atoms with Crippen molar-refractivity contribution < 1.29 is 8.42 Å². The van der Waals surface area contributed by atoms with Gasteiger partial charge in [-0.05, 0) is 30.5 Å². The summed E-state index contributed by atoms with van der Waals surface area (Å²) in [6.07, 6.45) is 1.81. The first-order valence-corrected chi connectivity index (χ1v) is 8.94. The Morgan fingerprint density at radius 1 is 1.22 bits per heavy atom. The van der Waals surface area contributed by atoms with Crippen molar-refractivity contribution in [1.82, 2.24) is 4.98 Å². The maximum absolute atomic E-state index is 12.3. The molecule has 0 saturated heterocycles. The van der Waals surface area contributed by atoms with Crippen LogP contribution in [-0.4, -0.2) is 19.7 Å². The summed E-state index contributed by atoms with van der Waals surface area (Å²) in [4.78, 5) is 4.16. The van der Waals surface area contributed by atoms with Crippen molar-refractivity contribution in [3.8, 4) is 0 Å². The number of hydrogen-bond donors (Lipinski definition) is 0. The van der Waals surface area contributed by atoms with Crippen LogP contribution < -0.4 is 0 Å². The minimum absolute atomic E-state index is 0.0964. The Bertz CT molecular complexity index is 665. The highest BCUT2D eigenvalue weighted by molar-refractivity contribution is 8.00. The van der Waals surface area contributed by atoms with Gasteiger partial charge < -0.3 is 0 Å². The number of halogens is 2. The highest BCUT2D eigenvalue weighted by atomic mass is 35.5. The lowest BCUT2D eigenvalue weighted by atomic mass is 10.4. The zero-order valence-electron chi connectivity index (χ0n) is 9.05. The molecule has 0 radical (unpaired) electrons. The molecule has 2 rings (SSSR count). The number of thioether (sulfide) groups is 1. The van der Waals surface area contributed by atoms with E-state index in [0.29, 0.717) is 9.36 Å². The van der Waals surface area contributed by atoms with Crippen LogP contribution in [-0.2, 0) is 9.84 Å². The maximum atomic E-state index is 12.3. The first-order valence-electron chi connectivity index (χ1n) is 4.66. The molecule has 2 aromatic rings. The van der Waals surface area contributed by atoms with Gasteiger partial charge in [-0.2, -0.15) is 0 Å². The van der Waals surface area contributed by atoms with Crippen molar-refractivity contribution in [3.05, 3.63) is 33.6 Å². The summed E-state index contributed by atoms with van der Waals surface area (Å²) in [7, 11) is -3.68. The van der Waals surface area contributed by atoms with Crippen molar-refractivity contribution in [3.63, 3.8) is 0 Å². The molecule has 0 amide bonds. The second-order valence-corrected chi connectivity index (χ2v) is 8.18. The Morgan fingerprint density at radius 3 is 2.33 bits per heavy atom. The third-order valence-electron chi connectivity index (χ3n) is 2.09. The smallest absolute Gasteiger partial charge is 0.217 e. The van der Waals surface area contributed by atoms with Gasteiger partial charge >= 0.3 is 0 Å². The van der Waals surface area contributed by atoms with Gasteiger partial charge in [-0.15, -0.1) is 0 Å². The average molecular weight is 340 g/mol. The Balaban J connectivity index is 2.54. The van der Waals surface area contributed by atoms with E-state index < -0.39 is 9.84 Å². The van der Waals surface area contributed by atoms with Crippen LogP contribution in [0.4, 0.5) is 0 Å². The van der Waals surface area contributed by atoms with Gasteiger partial charge in [0.15, 0.2) is 9.37 Å². The van der Waals surface area contributed by atoms with Gasteiger partial charge in [-0.25, -0.2) is 13.4 Å². The number of rotatable bonds is 3. The second kappa shape index (κ2) is 5.38. The maximum Gasteiger partial charge on any atom is 0.226 e. The van der Waals surface area contributed by atoms with Crippen LogP contribution in [0.25, 0.3) is 0 Å². The molecule has 0 N–H and O–H groups in total. The van der Waals surface area contributed by atoms with Crippen LogP contribution in [0, 0.1) is 0 Å². The first kappa shape index (κ1) is 14.1. The van der Waals surface area contributed by atoms with E-state index in [1.165, 1.54) is 36.0 Å². The quantitative estimate of drug-likeness (QED) is 0.792. The van der Waals surface area contributed by atoms with E-state index in [-0.39, 0.29) is 14.3 Å². The van der Waals surface area contributed by atoms with Gasteiger partial charge in [0.2, 0.25) is 9.84 Å². The molecule has 0 saturated carbocycles. The highest BCUT2D eigenvalue weighted by Crippen LogP contribution is 2.35. The molecule has 1 aromatic heterocycles. The van der Waals surface area contributed by atoms with Crippen molar-refractivity contribution in [2.75, 3.05) is 6.26 Å². The summed E-state index contributed by atoms with van der Waals surface area (Å²) in [5, 5.41) is 0.379. The summed E-state index contributed by atoms with van der Waals surface area (Å²) >= 11 is 14.2. The first-order chi connectivity index (χ1) is 8.45. The van der Waals surface area contributed by atoms with Crippen LogP contribution in [0.3, 0.4) is 0 Å². The molecule has 3 nitrogen and oxygen atoms in total. The summed E-state index contributed by atoms with van der Waals surface area (Å²) in [6.45, 7) is 0. The Labute approximate surface area is 123 Å². The largest absolute Gasteiger partial charge is 0.226 e. The molecule has 1 heterocycles. The monoisotopic (exact) mass is 339 g/mol. The van der Waals surface area contributed by atoms with Crippen LogP contribution in [0.15, 0.2) is 38.5 Å². The molecule has 0 atom stereocenters. The van der Waals surface area contributed by atoms with Crippen LogP contribution in [0.1, 0.15) is 0 Å². The van der Waals surface area contributed by atoms with Gasteiger partial charge in [-0.3, -0.25) is 0 Å². The molecule has 0 spiro atoms. The predicted octanol–water partition coefficient (Wildman–Crippen LogP) is 4.00. The van der Waals surface area contributed by atoms with Gasteiger partial charge in [0, 0.05) is 5.02 Å². The average Bonchev–Trinajstić information content (AvgIpc) is 2.72. The fraction of sp³-hybridized carbons (Fsp3) is 0.100. The molecule has 18 heavy (non-hydrogen) atoms. The summed E-state index contributed by atoms with van der Waals surface area (Å²) in [5.74, 6) is 0.